The molecule has 2 aromatic carbocycles. The number of hydrogen-bond donors (Lipinski definition) is 0. The van der Waals surface area contributed by atoms with Crippen LogP contribution in [0.25, 0.3) is 6.08 Å². The molecule has 0 radical (unpaired) electrons. The van der Waals surface area contributed by atoms with Crippen LogP contribution in [0.2, 0.25) is 0 Å². The predicted molar refractivity (Wildman–Crippen MR) is 104 cm³/mol. The van der Waals surface area contributed by atoms with Crippen LogP contribution < -0.4 is 4.74 Å². The maximum absolute atomic E-state index is 12.9. The number of hydrogen-bond acceptors (Lipinski definition) is 4. The van der Waals surface area contributed by atoms with Crippen LogP contribution in [0.3, 0.4) is 0 Å². The number of halogens is 4. The van der Waals surface area contributed by atoms with E-state index < -0.39 is 22.1 Å². The third-order valence-electron chi connectivity index (χ3n) is 4.53. The van der Waals surface area contributed by atoms with Crippen LogP contribution in [0.1, 0.15) is 5.56 Å². The van der Waals surface area contributed by atoms with Crippen LogP contribution in [-0.2, 0) is 14.8 Å². The number of alkyl halides is 3. The predicted octanol–water partition coefficient (Wildman–Crippen LogP) is 3.27. The minimum absolute atomic E-state index is 0.0409. The first-order chi connectivity index (χ1) is 14.5. The lowest BCUT2D eigenvalue weighted by atomic mass is 10.2. The lowest BCUT2D eigenvalue weighted by Crippen LogP contribution is -2.50. The number of sulfonamides is 1. The molecule has 0 spiro atoms. The van der Waals surface area contributed by atoms with Crippen molar-refractivity contribution in [3.8, 4) is 5.75 Å². The van der Waals surface area contributed by atoms with Gasteiger partial charge in [-0.15, -0.1) is 13.2 Å². The van der Waals surface area contributed by atoms with Gasteiger partial charge in [-0.05, 0) is 48.0 Å². The molecule has 2 aromatic rings. The second kappa shape index (κ2) is 9.06. The molecule has 1 aliphatic heterocycles. The van der Waals surface area contributed by atoms with E-state index >= 15 is 0 Å². The summed E-state index contributed by atoms with van der Waals surface area (Å²) in [4.78, 5) is 13.6. The molecule has 1 fully saturated rings. The molecule has 0 unspecified atom stereocenters. The van der Waals surface area contributed by atoms with Crippen molar-refractivity contribution in [3.63, 3.8) is 0 Å². The summed E-state index contributed by atoms with van der Waals surface area (Å²) >= 11 is 0. The summed E-state index contributed by atoms with van der Waals surface area (Å²) in [5.74, 6) is -1.21. The Morgan fingerprint density at radius 2 is 1.52 bits per heavy atom. The van der Waals surface area contributed by atoms with E-state index in [4.69, 9.17) is 0 Å². The molecule has 31 heavy (non-hydrogen) atoms. The fourth-order valence-electron chi connectivity index (χ4n) is 2.96. The van der Waals surface area contributed by atoms with E-state index in [1.807, 2.05) is 0 Å². The van der Waals surface area contributed by atoms with Crippen LogP contribution in [0.5, 0.6) is 5.75 Å². The zero-order valence-corrected chi connectivity index (χ0v) is 16.9. The van der Waals surface area contributed by atoms with Gasteiger partial charge in [-0.1, -0.05) is 12.1 Å². The average molecular weight is 458 g/mol. The van der Waals surface area contributed by atoms with Gasteiger partial charge < -0.3 is 9.64 Å². The molecule has 3 rings (SSSR count). The molecule has 1 heterocycles. The van der Waals surface area contributed by atoms with E-state index in [0.717, 1.165) is 24.3 Å². The Kier molecular flexibility index (Phi) is 6.65. The van der Waals surface area contributed by atoms with Gasteiger partial charge in [0.2, 0.25) is 15.9 Å². The number of nitrogens with zero attached hydrogens (tertiary/aromatic N) is 2. The molecular formula is C20H18F4N2O4S. The molecule has 0 saturated carbocycles. The molecule has 0 N–H and O–H groups in total. The van der Waals surface area contributed by atoms with E-state index in [0.29, 0.717) is 5.56 Å². The second-order valence-electron chi connectivity index (χ2n) is 6.63. The minimum atomic E-state index is -4.87. The first-order valence-electron chi connectivity index (χ1n) is 9.13. The molecule has 11 heteroatoms. The van der Waals surface area contributed by atoms with Gasteiger partial charge in [-0.3, -0.25) is 4.79 Å². The Labute approximate surface area is 176 Å². The molecule has 0 aromatic heterocycles. The van der Waals surface area contributed by atoms with Crippen molar-refractivity contribution >= 4 is 22.0 Å². The highest BCUT2D eigenvalue weighted by molar-refractivity contribution is 7.89. The summed E-state index contributed by atoms with van der Waals surface area (Å²) in [6.45, 7) is 0.390. The smallest absolute Gasteiger partial charge is 0.406 e. The maximum Gasteiger partial charge on any atom is 0.573 e. The molecule has 0 atom stereocenters. The highest BCUT2D eigenvalue weighted by Crippen LogP contribution is 2.25. The number of benzene rings is 2. The number of rotatable bonds is 5. The Hall–Kier alpha value is -2.92. The second-order valence-corrected chi connectivity index (χ2v) is 8.57. The molecule has 166 valence electrons. The van der Waals surface area contributed by atoms with Gasteiger partial charge in [0.15, 0.2) is 0 Å². The topological polar surface area (TPSA) is 66.9 Å². The Morgan fingerprint density at radius 3 is 2.06 bits per heavy atom. The monoisotopic (exact) mass is 458 g/mol. The number of carbonyl (C=O) groups excluding carboxylic acids is 1. The summed E-state index contributed by atoms with van der Waals surface area (Å²) in [5, 5.41) is 0. The summed E-state index contributed by atoms with van der Waals surface area (Å²) in [6.07, 6.45) is -2.00. The fraction of sp³-hybridized carbons (Fsp3) is 0.250. The Balaban J connectivity index is 1.59. The van der Waals surface area contributed by atoms with Crippen molar-refractivity contribution < 1.29 is 35.5 Å². The van der Waals surface area contributed by atoms with Crippen molar-refractivity contribution in [3.05, 3.63) is 66.0 Å². The molecular weight excluding hydrogens is 440 g/mol. The zero-order valence-electron chi connectivity index (χ0n) is 16.0. The SMILES string of the molecule is O=C(/C=C/c1ccc(F)cc1)N1CCN(S(=O)(=O)c2ccc(OC(F)(F)F)cc2)CC1. The van der Waals surface area contributed by atoms with Crippen molar-refractivity contribution in [1.29, 1.82) is 0 Å². The van der Waals surface area contributed by atoms with Gasteiger partial charge >= 0.3 is 6.36 Å². The van der Waals surface area contributed by atoms with Crippen molar-refractivity contribution in [2.24, 2.45) is 0 Å². The van der Waals surface area contributed by atoms with Gasteiger partial charge in [0.25, 0.3) is 0 Å². The summed E-state index contributed by atoms with van der Waals surface area (Å²) in [7, 11) is -3.93. The van der Waals surface area contributed by atoms with E-state index in [1.54, 1.807) is 0 Å². The van der Waals surface area contributed by atoms with Crippen molar-refractivity contribution in [2.75, 3.05) is 26.2 Å². The molecule has 1 saturated heterocycles. The van der Waals surface area contributed by atoms with E-state index in [2.05, 4.69) is 4.74 Å². The van der Waals surface area contributed by atoms with Crippen LogP contribution in [0.4, 0.5) is 17.6 Å². The van der Waals surface area contributed by atoms with Crippen LogP contribution in [0, 0.1) is 5.82 Å². The van der Waals surface area contributed by atoms with Gasteiger partial charge in [-0.2, -0.15) is 4.31 Å². The van der Waals surface area contributed by atoms with Gasteiger partial charge in [0.1, 0.15) is 11.6 Å². The molecule has 0 bridgehead atoms. The molecule has 1 amide bonds. The fourth-order valence-corrected chi connectivity index (χ4v) is 4.38. The molecule has 6 nitrogen and oxygen atoms in total. The van der Waals surface area contributed by atoms with E-state index in [9.17, 15) is 30.8 Å². The Morgan fingerprint density at radius 1 is 0.935 bits per heavy atom. The van der Waals surface area contributed by atoms with Gasteiger partial charge in [-0.25, -0.2) is 12.8 Å². The van der Waals surface area contributed by atoms with E-state index in [1.165, 1.54) is 45.6 Å². The van der Waals surface area contributed by atoms with Crippen LogP contribution in [0.15, 0.2) is 59.5 Å². The number of ether oxygens (including phenoxy) is 1. The average Bonchev–Trinajstić information content (AvgIpc) is 2.72. The summed E-state index contributed by atoms with van der Waals surface area (Å²) < 4.78 is 80.0. The van der Waals surface area contributed by atoms with Crippen molar-refractivity contribution in [1.82, 2.24) is 9.21 Å². The Bertz CT molecular complexity index is 1040. The molecule has 0 aliphatic carbocycles. The lowest BCUT2D eigenvalue weighted by molar-refractivity contribution is -0.274. The molecule has 1 aliphatic rings. The largest absolute Gasteiger partial charge is 0.573 e. The third-order valence-corrected chi connectivity index (χ3v) is 6.45. The van der Waals surface area contributed by atoms with Gasteiger partial charge in [0.05, 0.1) is 4.90 Å². The summed E-state index contributed by atoms with van der Waals surface area (Å²) in [6, 6.07) is 9.54. The zero-order chi connectivity index (χ0) is 22.6. The normalized spacial score (nSPS) is 15.9. The number of carbonyl (C=O) groups is 1. The van der Waals surface area contributed by atoms with Crippen LogP contribution >= 0.6 is 0 Å². The highest BCUT2D eigenvalue weighted by Gasteiger charge is 2.32. The quantitative estimate of drug-likeness (QED) is 0.510. The van der Waals surface area contributed by atoms with Crippen molar-refractivity contribution in [2.45, 2.75) is 11.3 Å². The number of amides is 1. The standard InChI is InChI=1S/C20H18F4N2O4S/c21-16-4-1-15(2-5-16)3-10-19(27)25-11-13-26(14-12-25)31(28,29)18-8-6-17(7-9-18)30-20(22,23)24/h1-10H,11-14H2/b10-3+. The maximum atomic E-state index is 12.9. The lowest BCUT2D eigenvalue weighted by Gasteiger charge is -2.33. The van der Waals surface area contributed by atoms with Gasteiger partial charge in [0, 0.05) is 32.3 Å². The third kappa shape index (κ3) is 6.05. The first kappa shape index (κ1) is 22.8. The van der Waals surface area contributed by atoms with Crippen LogP contribution in [-0.4, -0.2) is 56.1 Å². The first-order valence-corrected chi connectivity index (χ1v) is 10.6. The highest BCUT2D eigenvalue weighted by atomic mass is 32.2. The number of piperazine rings is 1. The minimum Gasteiger partial charge on any atom is -0.406 e. The van der Waals surface area contributed by atoms with E-state index in [-0.39, 0.29) is 42.8 Å². The summed E-state index contributed by atoms with van der Waals surface area (Å²) in [5.41, 5.74) is 0.647.